The lowest BCUT2D eigenvalue weighted by molar-refractivity contribution is 0.666. The zero-order valence-electron chi connectivity index (χ0n) is 9.99. The van der Waals surface area contributed by atoms with Crippen LogP contribution in [0.15, 0.2) is 18.5 Å². The van der Waals surface area contributed by atoms with E-state index in [4.69, 9.17) is 0 Å². The van der Waals surface area contributed by atoms with Gasteiger partial charge in [-0.3, -0.25) is 0 Å². The Kier molecular flexibility index (Phi) is 5.88. The fraction of sp³-hybridized carbons (Fsp3) is 0.667. The molecule has 1 aromatic heterocycles. The zero-order valence-corrected chi connectivity index (χ0v) is 10.8. The van der Waals surface area contributed by atoms with Crippen molar-refractivity contribution in [2.24, 2.45) is 0 Å². The predicted molar refractivity (Wildman–Crippen MR) is 69.4 cm³/mol. The molecule has 0 aliphatic carbocycles. The van der Waals surface area contributed by atoms with E-state index in [9.17, 15) is 0 Å². The van der Waals surface area contributed by atoms with Crippen LogP contribution in [0.5, 0.6) is 0 Å². The maximum Gasteiger partial charge on any atom is 0.0220 e. The van der Waals surface area contributed by atoms with Gasteiger partial charge in [0.2, 0.25) is 0 Å². The van der Waals surface area contributed by atoms with E-state index in [1.54, 1.807) is 0 Å². The first-order valence-corrected chi connectivity index (χ1v) is 6.93. The lowest BCUT2D eigenvalue weighted by Gasteiger charge is -2.08. The molecular weight excluding hydrogens is 204 g/mol. The van der Waals surface area contributed by atoms with Crippen molar-refractivity contribution >= 4 is 11.8 Å². The van der Waals surface area contributed by atoms with Crippen molar-refractivity contribution in [1.29, 1.82) is 0 Å². The minimum absolute atomic E-state index is 0.697. The van der Waals surface area contributed by atoms with Crippen LogP contribution in [0.4, 0.5) is 0 Å². The smallest absolute Gasteiger partial charge is 0.0220 e. The third kappa shape index (κ3) is 4.76. The van der Waals surface area contributed by atoms with E-state index in [0.29, 0.717) is 5.25 Å². The summed E-state index contributed by atoms with van der Waals surface area (Å²) >= 11 is 1.91. The van der Waals surface area contributed by atoms with Crippen molar-refractivity contribution in [3.8, 4) is 0 Å². The maximum atomic E-state index is 3.47. The Hall–Kier alpha value is -0.410. The highest BCUT2D eigenvalue weighted by Crippen LogP contribution is 2.05. The summed E-state index contributed by atoms with van der Waals surface area (Å²) in [5, 5.41) is 4.17. The van der Waals surface area contributed by atoms with E-state index in [0.717, 1.165) is 19.6 Å². The number of nitrogens with one attached hydrogen (secondary N) is 1. The molecule has 1 atom stereocenters. The van der Waals surface area contributed by atoms with Crippen LogP contribution >= 0.6 is 11.8 Å². The second kappa shape index (κ2) is 6.96. The van der Waals surface area contributed by atoms with E-state index < -0.39 is 0 Å². The Morgan fingerprint density at radius 1 is 1.53 bits per heavy atom. The molecule has 0 spiro atoms. The normalized spacial score (nSPS) is 13.0. The number of hydrogen-bond acceptors (Lipinski definition) is 2. The molecule has 0 aliphatic heterocycles. The van der Waals surface area contributed by atoms with Crippen molar-refractivity contribution in [1.82, 2.24) is 9.88 Å². The molecule has 86 valence electrons. The predicted octanol–water partition coefficient (Wildman–Crippen LogP) is 2.74. The van der Waals surface area contributed by atoms with Crippen molar-refractivity contribution in [3.63, 3.8) is 0 Å². The van der Waals surface area contributed by atoms with Gasteiger partial charge in [-0.15, -0.1) is 0 Å². The quantitative estimate of drug-likeness (QED) is 0.770. The van der Waals surface area contributed by atoms with Crippen LogP contribution < -0.4 is 5.32 Å². The first-order valence-electron chi connectivity index (χ1n) is 5.64. The number of nitrogens with zero attached hydrogens (tertiary/aromatic N) is 1. The summed E-state index contributed by atoms with van der Waals surface area (Å²) < 4.78 is 2.26. The molecule has 2 nitrogen and oxygen atoms in total. The minimum atomic E-state index is 0.697. The summed E-state index contributed by atoms with van der Waals surface area (Å²) in [4.78, 5) is 0. The first-order chi connectivity index (χ1) is 7.26. The molecule has 0 saturated carbocycles. The van der Waals surface area contributed by atoms with E-state index in [-0.39, 0.29) is 0 Å². The highest BCUT2D eigenvalue weighted by molar-refractivity contribution is 7.99. The minimum Gasteiger partial charge on any atom is -0.354 e. The van der Waals surface area contributed by atoms with Crippen molar-refractivity contribution < 1.29 is 0 Å². The molecule has 0 saturated heterocycles. The van der Waals surface area contributed by atoms with Crippen molar-refractivity contribution in [2.45, 2.75) is 38.6 Å². The van der Waals surface area contributed by atoms with Gasteiger partial charge in [-0.1, -0.05) is 13.8 Å². The van der Waals surface area contributed by atoms with E-state index in [2.05, 4.69) is 48.4 Å². The van der Waals surface area contributed by atoms with Crippen LogP contribution in [-0.2, 0) is 13.1 Å². The van der Waals surface area contributed by atoms with Gasteiger partial charge < -0.3 is 9.88 Å². The molecule has 0 fully saturated rings. The van der Waals surface area contributed by atoms with Gasteiger partial charge in [0.05, 0.1) is 0 Å². The van der Waals surface area contributed by atoms with Gasteiger partial charge >= 0.3 is 0 Å². The highest BCUT2D eigenvalue weighted by atomic mass is 32.2. The average molecular weight is 226 g/mol. The Morgan fingerprint density at radius 3 is 3.00 bits per heavy atom. The van der Waals surface area contributed by atoms with Crippen LogP contribution in [0.2, 0.25) is 0 Å². The third-order valence-electron chi connectivity index (χ3n) is 2.46. The molecule has 0 amide bonds. The molecule has 0 radical (unpaired) electrons. The summed E-state index contributed by atoms with van der Waals surface area (Å²) in [6.07, 6.45) is 7.76. The summed E-state index contributed by atoms with van der Waals surface area (Å²) in [7, 11) is 0. The standard InChI is InChI=1S/C12H22N2S/c1-4-6-14-7-5-12(10-14)9-13-8-11(2)15-3/h5,7,10-11,13H,4,6,8-9H2,1-3H3. The lowest BCUT2D eigenvalue weighted by Crippen LogP contribution is -2.21. The fourth-order valence-corrected chi connectivity index (χ4v) is 1.78. The monoisotopic (exact) mass is 226 g/mol. The summed E-state index contributed by atoms with van der Waals surface area (Å²) in [6.45, 7) is 7.65. The number of hydrogen-bond donors (Lipinski definition) is 1. The Morgan fingerprint density at radius 2 is 2.33 bits per heavy atom. The van der Waals surface area contributed by atoms with Gasteiger partial charge in [0.25, 0.3) is 0 Å². The molecular formula is C12H22N2S. The lowest BCUT2D eigenvalue weighted by atomic mass is 10.3. The van der Waals surface area contributed by atoms with Gasteiger partial charge in [0.15, 0.2) is 0 Å². The molecule has 0 bridgehead atoms. The topological polar surface area (TPSA) is 17.0 Å². The fourth-order valence-electron chi connectivity index (χ4n) is 1.50. The Balaban J connectivity index is 2.25. The van der Waals surface area contributed by atoms with Gasteiger partial charge in [-0.05, 0) is 24.3 Å². The van der Waals surface area contributed by atoms with Crippen LogP contribution in [0.25, 0.3) is 0 Å². The SMILES string of the molecule is CCCn1ccc(CNCC(C)SC)c1. The molecule has 1 heterocycles. The molecule has 1 N–H and O–H groups in total. The van der Waals surface area contributed by atoms with Gasteiger partial charge in [-0.25, -0.2) is 0 Å². The maximum absolute atomic E-state index is 3.47. The second-order valence-corrected chi connectivity index (χ2v) is 5.21. The van der Waals surface area contributed by atoms with E-state index >= 15 is 0 Å². The largest absolute Gasteiger partial charge is 0.354 e. The number of thioether (sulfide) groups is 1. The van der Waals surface area contributed by atoms with Crippen LogP contribution in [0, 0.1) is 0 Å². The second-order valence-electron chi connectivity index (χ2n) is 3.93. The van der Waals surface area contributed by atoms with Crippen molar-refractivity contribution in [3.05, 3.63) is 24.0 Å². The number of aryl methyl sites for hydroxylation is 1. The van der Waals surface area contributed by atoms with Crippen molar-refractivity contribution in [2.75, 3.05) is 12.8 Å². The molecule has 0 aromatic carbocycles. The zero-order chi connectivity index (χ0) is 11.1. The van der Waals surface area contributed by atoms with Crippen LogP contribution in [-0.4, -0.2) is 22.6 Å². The molecule has 1 aromatic rings. The third-order valence-corrected chi connectivity index (χ3v) is 3.43. The molecule has 1 unspecified atom stereocenters. The molecule has 1 rings (SSSR count). The number of aromatic nitrogens is 1. The van der Waals surface area contributed by atoms with Gasteiger partial charge in [-0.2, -0.15) is 11.8 Å². The molecule has 3 heteroatoms. The Bertz CT molecular complexity index is 270. The van der Waals surface area contributed by atoms with E-state index in [1.807, 2.05) is 11.8 Å². The highest BCUT2D eigenvalue weighted by Gasteiger charge is 1.99. The first kappa shape index (κ1) is 12.7. The molecule has 0 aliphatic rings. The van der Waals surface area contributed by atoms with Gasteiger partial charge in [0, 0.05) is 37.3 Å². The molecule has 15 heavy (non-hydrogen) atoms. The van der Waals surface area contributed by atoms with Crippen LogP contribution in [0.1, 0.15) is 25.8 Å². The average Bonchev–Trinajstić information content (AvgIpc) is 2.66. The Labute approximate surface area is 97.4 Å². The summed E-state index contributed by atoms with van der Waals surface area (Å²) in [6, 6.07) is 2.20. The number of rotatable bonds is 7. The van der Waals surface area contributed by atoms with Crippen LogP contribution in [0.3, 0.4) is 0 Å². The summed E-state index contributed by atoms with van der Waals surface area (Å²) in [5.41, 5.74) is 1.39. The van der Waals surface area contributed by atoms with E-state index in [1.165, 1.54) is 12.0 Å². The van der Waals surface area contributed by atoms with Gasteiger partial charge in [0.1, 0.15) is 0 Å². The summed E-state index contributed by atoms with van der Waals surface area (Å²) in [5.74, 6) is 0.